The molecule has 3 heterocycles. The van der Waals surface area contributed by atoms with Crippen LogP contribution in [0.2, 0.25) is 0 Å². The Morgan fingerprint density at radius 1 is 0.885 bits per heavy atom. The van der Waals surface area contributed by atoms with E-state index in [9.17, 15) is 4.79 Å². The van der Waals surface area contributed by atoms with Gasteiger partial charge in [-0.1, -0.05) is 12.8 Å². The quantitative estimate of drug-likeness (QED) is 0.832. The number of carbonyl (C=O) groups excluding carboxylic acids is 1. The fourth-order valence-electron chi connectivity index (χ4n) is 4.67. The van der Waals surface area contributed by atoms with Crippen LogP contribution in [0.3, 0.4) is 0 Å². The van der Waals surface area contributed by atoms with Gasteiger partial charge in [-0.05, 0) is 51.2 Å². The van der Waals surface area contributed by atoms with E-state index in [4.69, 9.17) is 0 Å². The van der Waals surface area contributed by atoms with E-state index in [2.05, 4.69) is 44.0 Å². The Balaban J connectivity index is 1.33. The highest BCUT2D eigenvalue weighted by atomic mass is 16.2. The van der Waals surface area contributed by atoms with Gasteiger partial charge in [0.2, 0.25) is 5.91 Å². The molecule has 0 aromatic carbocycles. The number of hydrogen-bond donors (Lipinski definition) is 0. The standard InChI is InChI=1S/C20H31N5O/c1-16-6-4-5-11-25(16)19-10-9-18(21-22-19)23-12-14-24(15-13-23)20(26)17-7-2-3-8-17/h9-10,16-17H,2-8,11-15H2,1H3. The lowest BCUT2D eigenvalue weighted by Crippen LogP contribution is -2.50. The lowest BCUT2D eigenvalue weighted by atomic mass is 10.0. The molecule has 1 amide bonds. The number of rotatable bonds is 3. The maximum absolute atomic E-state index is 12.6. The third kappa shape index (κ3) is 3.64. The largest absolute Gasteiger partial charge is 0.352 e. The second kappa shape index (κ2) is 7.80. The molecule has 1 atom stereocenters. The van der Waals surface area contributed by atoms with Gasteiger partial charge >= 0.3 is 0 Å². The van der Waals surface area contributed by atoms with Crippen molar-refractivity contribution >= 4 is 17.5 Å². The van der Waals surface area contributed by atoms with Crippen LogP contribution in [0.15, 0.2) is 12.1 Å². The number of piperidine rings is 1. The van der Waals surface area contributed by atoms with Crippen molar-refractivity contribution in [3.05, 3.63) is 12.1 Å². The average molecular weight is 358 g/mol. The van der Waals surface area contributed by atoms with Gasteiger partial charge in [0, 0.05) is 44.7 Å². The maximum atomic E-state index is 12.6. The molecule has 2 aliphatic heterocycles. The van der Waals surface area contributed by atoms with E-state index in [1.165, 1.54) is 32.1 Å². The molecule has 1 aliphatic carbocycles. The molecular weight excluding hydrogens is 326 g/mol. The van der Waals surface area contributed by atoms with Gasteiger partial charge in [0.15, 0.2) is 11.6 Å². The maximum Gasteiger partial charge on any atom is 0.225 e. The predicted molar refractivity (Wildman–Crippen MR) is 103 cm³/mol. The first-order valence-electron chi connectivity index (χ1n) is 10.4. The normalized spacial score (nSPS) is 25.0. The number of nitrogens with zero attached hydrogens (tertiary/aromatic N) is 5. The summed E-state index contributed by atoms with van der Waals surface area (Å²) in [5.41, 5.74) is 0. The molecule has 1 unspecified atom stereocenters. The second-order valence-electron chi connectivity index (χ2n) is 8.08. The van der Waals surface area contributed by atoms with E-state index in [1.807, 2.05) is 0 Å². The summed E-state index contributed by atoms with van der Waals surface area (Å²) in [6, 6.07) is 4.76. The topological polar surface area (TPSA) is 52.6 Å². The number of anilines is 2. The summed E-state index contributed by atoms with van der Waals surface area (Å²) in [6.45, 7) is 6.68. The van der Waals surface area contributed by atoms with Crippen LogP contribution in [0, 0.1) is 5.92 Å². The molecule has 0 spiro atoms. The summed E-state index contributed by atoms with van der Waals surface area (Å²) in [5.74, 6) is 2.59. The molecule has 142 valence electrons. The van der Waals surface area contributed by atoms with E-state index in [-0.39, 0.29) is 5.92 Å². The van der Waals surface area contributed by atoms with Gasteiger partial charge in [-0.15, -0.1) is 10.2 Å². The minimum absolute atomic E-state index is 0.284. The Bertz CT molecular complexity index is 605. The number of hydrogen-bond acceptors (Lipinski definition) is 5. The van der Waals surface area contributed by atoms with Crippen LogP contribution in [0.4, 0.5) is 11.6 Å². The van der Waals surface area contributed by atoms with Crippen LogP contribution in [0.25, 0.3) is 0 Å². The third-order valence-corrected chi connectivity index (χ3v) is 6.35. The fraction of sp³-hybridized carbons (Fsp3) is 0.750. The highest BCUT2D eigenvalue weighted by Crippen LogP contribution is 2.27. The highest BCUT2D eigenvalue weighted by Gasteiger charge is 2.29. The minimum Gasteiger partial charge on any atom is -0.352 e. The molecule has 1 saturated carbocycles. The van der Waals surface area contributed by atoms with Crippen molar-refractivity contribution < 1.29 is 4.79 Å². The summed E-state index contributed by atoms with van der Waals surface area (Å²) < 4.78 is 0. The molecule has 0 bridgehead atoms. The molecule has 3 aliphatic rings. The number of piperazine rings is 1. The Kier molecular flexibility index (Phi) is 5.27. The van der Waals surface area contributed by atoms with E-state index in [0.717, 1.165) is 57.2 Å². The monoisotopic (exact) mass is 357 g/mol. The average Bonchev–Trinajstić information content (AvgIpc) is 3.23. The van der Waals surface area contributed by atoms with Crippen LogP contribution >= 0.6 is 0 Å². The van der Waals surface area contributed by atoms with Crippen LogP contribution in [0.5, 0.6) is 0 Å². The van der Waals surface area contributed by atoms with Gasteiger partial charge in [0.25, 0.3) is 0 Å². The molecule has 6 heteroatoms. The minimum atomic E-state index is 0.284. The summed E-state index contributed by atoms with van der Waals surface area (Å²) in [7, 11) is 0. The fourth-order valence-corrected chi connectivity index (χ4v) is 4.67. The van der Waals surface area contributed by atoms with Crippen molar-refractivity contribution in [1.82, 2.24) is 15.1 Å². The van der Waals surface area contributed by atoms with Crippen LogP contribution in [0.1, 0.15) is 51.9 Å². The lowest BCUT2D eigenvalue weighted by Gasteiger charge is -2.37. The molecular formula is C20H31N5O. The molecule has 3 fully saturated rings. The van der Waals surface area contributed by atoms with Crippen LogP contribution in [-0.4, -0.2) is 59.8 Å². The van der Waals surface area contributed by atoms with E-state index < -0.39 is 0 Å². The predicted octanol–water partition coefficient (Wildman–Crippen LogP) is 2.69. The first kappa shape index (κ1) is 17.6. The Labute approximate surface area is 156 Å². The van der Waals surface area contributed by atoms with Crippen molar-refractivity contribution in [2.24, 2.45) is 5.92 Å². The van der Waals surface area contributed by atoms with Crippen LogP contribution < -0.4 is 9.80 Å². The lowest BCUT2D eigenvalue weighted by molar-refractivity contribution is -0.135. The summed E-state index contributed by atoms with van der Waals surface area (Å²) in [4.78, 5) is 19.3. The molecule has 26 heavy (non-hydrogen) atoms. The van der Waals surface area contributed by atoms with Crippen molar-refractivity contribution in [1.29, 1.82) is 0 Å². The number of aromatic nitrogens is 2. The molecule has 0 radical (unpaired) electrons. The zero-order chi connectivity index (χ0) is 17.9. The summed E-state index contributed by atoms with van der Waals surface area (Å²) in [6.07, 6.45) is 8.39. The zero-order valence-electron chi connectivity index (χ0n) is 15.9. The van der Waals surface area contributed by atoms with Crippen molar-refractivity contribution in [2.75, 3.05) is 42.5 Å². The van der Waals surface area contributed by atoms with E-state index in [0.29, 0.717) is 11.9 Å². The smallest absolute Gasteiger partial charge is 0.225 e. The van der Waals surface area contributed by atoms with Gasteiger partial charge in [-0.25, -0.2) is 0 Å². The zero-order valence-corrected chi connectivity index (χ0v) is 15.9. The van der Waals surface area contributed by atoms with E-state index in [1.54, 1.807) is 0 Å². The first-order chi connectivity index (χ1) is 12.7. The molecule has 1 aromatic rings. The van der Waals surface area contributed by atoms with Gasteiger partial charge in [-0.2, -0.15) is 0 Å². The number of carbonyl (C=O) groups is 1. The molecule has 6 nitrogen and oxygen atoms in total. The Hall–Kier alpha value is -1.85. The van der Waals surface area contributed by atoms with Crippen molar-refractivity contribution in [3.8, 4) is 0 Å². The molecule has 4 rings (SSSR count). The number of amides is 1. The summed E-state index contributed by atoms with van der Waals surface area (Å²) >= 11 is 0. The van der Waals surface area contributed by atoms with Gasteiger partial charge < -0.3 is 14.7 Å². The van der Waals surface area contributed by atoms with E-state index >= 15 is 0 Å². The highest BCUT2D eigenvalue weighted by molar-refractivity contribution is 5.79. The Morgan fingerprint density at radius 3 is 2.19 bits per heavy atom. The van der Waals surface area contributed by atoms with Crippen molar-refractivity contribution in [2.45, 2.75) is 57.9 Å². The Morgan fingerprint density at radius 2 is 1.54 bits per heavy atom. The van der Waals surface area contributed by atoms with Gasteiger partial charge in [-0.3, -0.25) is 4.79 Å². The van der Waals surface area contributed by atoms with Gasteiger partial charge in [0.05, 0.1) is 0 Å². The van der Waals surface area contributed by atoms with Crippen LogP contribution in [-0.2, 0) is 4.79 Å². The molecule has 0 N–H and O–H groups in total. The first-order valence-corrected chi connectivity index (χ1v) is 10.4. The van der Waals surface area contributed by atoms with Crippen molar-refractivity contribution in [3.63, 3.8) is 0 Å². The SMILES string of the molecule is CC1CCCCN1c1ccc(N2CCN(C(=O)C3CCCC3)CC2)nn1. The molecule has 1 aromatic heterocycles. The molecule has 2 saturated heterocycles. The second-order valence-corrected chi connectivity index (χ2v) is 8.08. The summed E-state index contributed by atoms with van der Waals surface area (Å²) in [5, 5.41) is 8.99. The third-order valence-electron chi connectivity index (χ3n) is 6.35. The van der Waals surface area contributed by atoms with Gasteiger partial charge in [0.1, 0.15) is 0 Å².